The van der Waals surface area contributed by atoms with E-state index in [2.05, 4.69) is 189 Å². The van der Waals surface area contributed by atoms with Gasteiger partial charge in [0.05, 0.1) is 5.41 Å². The number of hydrogen-bond donors (Lipinski definition) is 0. The van der Waals surface area contributed by atoms with Crippen LogP contribution in [-0.4, -0.2) is 0 Å². The zero-order chi connectivity index (χ0) is 35.4. The SMILES string of the molecule is Cc1ccccc1.c1ccc2c(c1)-c1ccccc1C21c2cc(-c3ccc(Cc4cccc5ccccc45)cc3)ccc2-c2ccc3ccccc3c21. The molecule has 0 nitrogen and oxygen atoms in total. The molecule has 2 aliphatic carbocycles. The molecule has 0 fully saturated rings. The Morgan fingerprint density at radius 2 is 0.925 bits per heavy atom. The fourth-order valence-electron chi connectivity index (χ4n) is 9.11. The highest BCUT2D eigenvalue weighted by Gasteiger charge is 2.52. The molecule has 0 heteroatoms. The van der Waals surface area contributed by atoms with Crippen LogP contribution < -0.4 is 0 Å². The minimum atomic E-state index is -0.372. The predicted octanol–water partition coefficient (Wildman–Crippen LogP) is 13.6. The third-order valence-electron chi connectivity index (χ3n) is 11.5. The van der Waals surface area contributed by atoms with Gasteiger partial charge in [0.15, 0.2) is 0 Å². The lowest BCUT2D eigenvalue weighted by Crippen LogP contribution is -2.26. The molecule has 0 aliphatic heterocycles. The summed E-state index contributed by atoms with van der Waals surface area (Å²) in [5, 5.41) is 5.26. The lowest BCUT2D eigenvalue weighted by Gasteiger charge is -2.31. The van der Waals surface area contributed by atoms with E-state index in [0.29, 0.717) is 0 Å². The molecule has 0 unspecified atom stereocenters. The summed E-state index contributed by atoms with van der Waals surface area (Å²) < 4.78 is 0. The number of hydrogen-bond acceptors (Lipinski definition) is 0. The van der Waals surface area contributed by atoms with E-state index in [4.69, 9.17) is 0 Å². The van der Waals surface area contributed by atoms with E-state index in [0.717, 1.165) is 6.42 Å². The average molecular weight is 675 g/mol. The van der Waals surface area contributed by atoms with Gasteiger partial charge in [0.25, 0.3) is 0 Å². The van der Waals surface area contributed by atoms with Gasteiger partial charge < -0.3 is 0 Å². The van der Waals surface area contributed by atoms with Crippen molar-refractivity contribution in [3.63, 3.8) is 0 Å². The summed E-state index contributed by atoms with van der Waals surface area (Å²) >= 11 is 0. The predicted molar refractivity (Wildman–Crippen MR) is 224 cm³/mol. The zero-order valence-corrected chi connectivity index (χ0v) is 29.8. The number of benzene rings is 9. The largest absolute Gasteiger partial charge is 0.0731 e. The van der Waals surface area contributed by atoms with Gasteiger partial charge >= 0.3 is 0 Å². The van der Waals surface area contributed by atoms with Gasteiger partial charge in [-0.15, -0.1) is 0 Å². The normalized spacial score (nSPS) is 12.8. The molecule has 0 heterocycles. The van der Waals surface area contributed by atoms with Crippen LogP contribution in [0.3, 0.4) is 0 Å². The lowest BCUT2D eigenvalue weighted by molar-refractivity contribution is 0.801. The monoisotopic (exact) mass is 674 g/mol. The van der Waals surface area contributed by atoms with Gasteiger partial charge in [-0.1, -0.05) is 200 Å². The maximum atomic E-state index is 2.49. The van der Waals surface area contributed by atoms with Gasteiger partial charge in [0.2, 0.25) is 0 Å². The zero-order valence-electron chi connectivity index (χ0n) is 29.8. The lowest BCUT2D eigenvalue weighted by atomic mass is 9.69. The first-order chi connectivity index (χ1) is 26.2. The molecule has 0 atom stereocenters. The highest BCUT2D eigenvalue weighted by molar-refractivity contribution is 6.04. The Morgan fingerprint density at radius 1 is 0.377 bits per heavy atom. The van der Waals surface area contributed by atoms with Crippen molar-refractivity contribution < 1.29 is 0 Å². The maximum Gasteiger partial charge on any atom is 0.0731 e. The molecule has 250 valence electrons. The second-order valence-electron chi connectivity index (χ2n) is 14.5. The second-order valence-corrected chi connectivity index (χ2v) is 14.5. The van der Waals surface area contributed by atoms with Gasteiger partial charge in [0.1, 0.15) is 0 Å². The van der Waals surface area contributed by atoms with Crippen LogP contribution in [0.4, 0.5) is 0 Å². The van der Waals surface area contributed by atoms with Crippen molar-refractivity contribution in [1.29, 1.82) is 0 Å². The van der Waals surface area contributed by atoms with Gasteiger partial charge in [-0.25, -0.2) is 0 Å². The smallest absolute Gasteiger partial charge is 0.0622 e. The van der Waals surface area contributed by atoms with E-state index < -0.39 is 0 Å². The first kappa shape index (κ1) is 31.3. The Labute approximate surface area is 311 Å². The molecular formula is C53H38. The van der Waals surface area contributed by atoms with E-state index in [1.54, 1.807) is 0 Å². The van der Waals surface area contributed by atoms with Crippen LogP contribution in [0.25, 0.3) is 54.9 Å². The standard InChI is InChI=1S/C46H30.C7H8/c1-3-14-36-32(10-1)12-9-13-35(36)28-30-20-22-31(23-21-30)34-25-26-40-41-27-24-33-11-2-4-15-37(33)45(41)46(44(40)29-34)42-18-7-5-16-38(42)39-17-6-8-19-43(39)46;1-7-5-3-2-4-6-7/h1-27,29H,28H2;2-6H,1H3. The van der Waals surface area contributed by atoms with Crippen molar-refractivity contribution in [2.24, 2.45) is 0 Å². The van der Waals surface area contributed by atoms with Crippen LogP contribution in [0.1, 0.15) is 38.9 Å². The highest BCUT2D eigenvalue weighted by atomic mass is 14.5. The Kier molecular flexibility index (Phi) is 7.44. The molecule has 0 amide bonds. The molecule has 0 saturated heterocycles. The topological polar surface area (TPSA) is 0 Å². The summed E-state index contributed by atoms with van der Waals surface area (Å²) in [6.07, 6.45) is 0.922. The molecule has 53 heavy (non-hydrogen) atoms. The van der Waals surface area contributed by atoms with E-state index >= 15 is 0 Å². The summed E-state index contributed by atoms with van der Waals surface area (Å²) in [6.45, 7) is 2.08. The fourth-order valence-corrected chi connectivity index (χ4v) is 9.11. The first-order valence-corrected chi connectivity index (χ1v) is 18.6. The highest BCUT2D eigenvalue weighted by Crippen LogP contribution is 2.64. The minimum absolute atomic E-state index is 0.372. The number of rotatable bonds is 3. The van der Waals surface area contributed by atoms with Crippen molar-refractivity contribution in [1.82, 2.24) is 0 Å². The van der Waals surface area contributed by atoms with Crippen molar-refractivity contribution >= 4 is 21.5 Å². The summed E-state index contributed by atoms with van der Waals surface area (Å²) in [5.74, 6) is 0. The van der Waals surface area contributed by atoms with Gasteiger partial charge in [-0.3, -0.25) is 0 Å². The summed E-state index contributed by atoms with van der Waals surface area (Å²) in [7, 11) is 0. The first-order valence-electron chi connectivity index (χ1n) is 18.6. The van der Waals surface area contributed by atoms with Crippen LogP contribution in [-0.2, 0) is 11.8 Å². The summed E-state index contributed by atoms with van der Waals surface area (Å²) in [6, 6.07) is 73.7. The molecular weight excluding hydrogens is 637 g/mol. The van der Waals surface area contributed by atoms with E-state index in [-0.39, 0.29) is 5.41 Å². The summed E-state index contributed by atoms with van der Waals surface area (Å²) in [4.78, 5) is 0. The van der Waals surface area contributed by atoms with Crippen LogP contribution in [0.15, 0.2) is 200 Å². The quantitative estimate of drug-likeness (QED) is 0.175. The van der Waals surface area contributed by atoms with E-state index in [9.17, 15) is 0 Å². The number of fused-ring (bicyclic) bond motifs is 13. The van der Waals surface area contributed by atoms with Crippen molar-refractivity contribution in [3.05, 3.63) is 239 Å². The van der Waals surface area contributed by atoms with Gasteiger partial charge in [0, 0.05) is 0 Å². The molecule has 1 spiro atoms. The third kappa shape index (κ3) is 4.98. The Hall–Kier alpha value is -6.50. The molecule has 9 aromatic carbocycles. The third-order valence-corrected chi connectivity index (χ3v) is 11.5. The van der Waals surface area contributed by atoms with Gasteiger partial charge in [-0.2, -0.15) is 0 Å². The molecule has 2 aliphatic rings. The van der Waals surface area contributed by atoms with Crippen LogP contribution >= 0.6 is 0 Å². The Balaban J connectivity index is 0.000000451. The molecule has 0 N–H and O–H groups in total. The molecule has 11 rings (SSSR count). The molecule has 9 aromatic rings. The summed E-state index contributed by atoms with van der Waals surface area (Å²) in [5.41, 5.74) is 17.1. The van der Waals surface area contributed by atoms with Crippen LogP contribution in [0.5, 0.6) is 0 Å². The van der Waals surface area contributed by atoms with Crippen LogP contribution in [0, 0.1) is 6.92 Å². The molecule has 0 saturated carbocycles. The Morgan fingerprint density at radius 3 is 1.62 bits per heavy atom. The van der Waals surface area contributed by atoms with Crippen molar-refractivity contribution in [3.8, 4) is 33.4 Å². The van der Waals surface area contributed by atoms with E-state index in [1.165, 1.54) is 93.9 Å². The second kappa shape index (κ2) is 12.6. The van der Waals surface area contributed by atoms with E-state index in [1.807, 2.05) is 18.2 Å². The minimum Gasteiger partial charge on any atom is -0.0622 e. The average Bonchev–Trinajstić information content (AvgIpc) is 3.69. The van der Waals surface area contributed by atoms with Crippen molar-refractivity contribution in [2.75, 3.05) is 0 Å². The molecule has 0 radical (unpaired) electrons. The fraction of sp³-hybridized carbons (Fsp3) is 0.0566. The number of aryl methyl sites for hydroxylation is 1. The molecule has 0 bridgehead atoms. The van der Waals surface area contributed by atoms with Gasteiger partial charge in [-0.05, 0) is 108 Å². The Bertz CT molecular complexity index is 2750. The maximum absolute atomic E-state index is 2.49. The van der Waals surface area contributed by atoms with Crippen molar-refractivity contribution in [2.45, 2.75) is 18.8 Å². The van der Waals surface area contributed by atoms with Crippen LogP contribution in [0.2, 0.25) is 0 Å². The molecule has 0 aromatic heterocycles.